The molecule has 2 aliphatic rings. The smallest absolute Gasteiger partial charge is 0.254 e. The first-order valence-corrected chi connectivity index (χ1v) is 12.6. The fourth-order valence-electron chi connectivity index (χ4n) is 4.55. The number of sulfonamides is 1. The van der Waals surface area contributed by atoms with Gasteiger partial charge in [0, 0.05) is 25.2 Å². The third-order valence-corrected chi connectivity index (χ3v) is 8.10. The van der Waals surface area contributed by atoms with Crippen molar-refractivity contribution in [3.63, 3.8) is 0 Å². The molecule has 2 aliphatic heterocycles. The maximum atomic E-state index is 13.5. The summed E-state index contributed by atoms with van der Waals surface area (Å²) in [5, 5.41) is 0. The third-order valence-electron chi connectivity index (χ3n) is 6.18. The van der Waals surface area contributed by atoms with Crippen LogP contribution in [0.2, 0.25) is 0 Å². The van der Waals surface area contributed by atoms with E-state index in [4.69, 9.17) is 9.47 Å². The van der Waals surface area contributed by atoms with Gasteiger partial charge in [0.15, 0.2) is 0 Å². The summed E-state index contributed by atoms with van der Waals surface area (Å²) >= 11 is 0. The molecule has 1 atom stereocenters. The van der Waals surface area contributed by atoms with E-state index in [0.29, 0.717) is 31.8 Å². The van der Waals surface area contributed by atoms with Crippen LogP contribution >= 0.6 is 0 Å². The van der Waals surface area contributed by atoms with Crippen LogP contribution in [0.15, 0.2) is 47.4 Å². The van der Waals surface area contributed by atoms with Crippen LogP contribution in [0, 0.1) is 0 Å². The first-order chi connectivity index (χ1) is 15.5. The van der Waals surface area contributed by atoms with Crippen molar-refractivity contribution in [3.05, 3.63) is 53.6 Å². The van der Waals surface area contributed by atoms with Crippen molar-refractivity contribution < 1.29 is 22.7 Å². The summed E-state index contributed by atoms with van der Waals surface area (Å²) in [6.07, 6.45) is 3.46. The molecule has 0 aliphatic carbocycles. The molecular weight excluding hydrogens is 428 g/mol. The Morgan fingerprint density at radius 3 is 2.41 bits per heavy atom. The molecule has 0 bridgehead atoms. The van der Waals surface area contributed by atoms with Crippen molar-refractivity contribution in [2.75, 3.05) is 33.4 Å². The summed E-state index contributed by atoms with van der Waals surface area (Å²) in [5.41, 5.74) is 1.42. The minimum absolute atomic E-state index is 0.0427. The number of likely N-dealkylation sites (tertiary alicyclic amines) is 1. The average Bonchev–Trinajstić information content (AvgIpc) is 3.52. The van der Waals surface area contributed by atoms with Gasteiger partial charge >= 0.3 is 0 Å². The predicted molar refractivity (Wildman–Crippen MR) is 122 cm³/mol. The van der Waals surface area contributed by atoms with Gasteiger partial charge in [0.1, 0.15) is 16.4 Å². The Balaban J connectivity index is 1.62. The van der Waals surface area contributed by atoms with Gasteiger partial charge in [-0.3, -0.25) is 4.79 Å². The van der Waals surface area contributed by atoms with E-state index in [-0.39, 0.29) is 22.6 Å². The maximum absolute atomic E-state index is 13.5. The summed E-state index contributed by atoms with van der Waals surface area (Å²) < 4.78 is 38.7. The van der Waals surface area contributed by atoms with Crippen LogP contribution in [-0.4, -0.2) is 56.9 Å². The van der Waals surface area contributed by atoms with Gasteiger partial charge in [-0.2, -0.15) is 4.31 Å². The first kappa shape index (κ1) is 22.6. The van der Waals surface area contributed by atoms with E-state index in [1.165, 1.54) is 17.5 Å². The van der Waals surface area contributed by atoms with Crippen molar-refractivity contribution >= 4 is 15.9 Å². The molecule has 0 radical (unpaired) electrons. The number of ether oxygens (including phenoxy) is 2. The van der Waals surface area contributed by atoms with E-state index in [1.807, 2.05) is 36.1 Å². The lowest BCUT2D eigenvalue weighted by Crippen LogP contribution is -2.31. The SMILES string of the molecule is CCOc1ccc(C2CCCN2C(=O)c2ccc(OC)c(S(=O)(=O)N3CCCC3)c2)cc1. The van der Waals surface area contributed by atoms with Crippen LogP contribution in [0.1, 0.15) is 54.6 Å². The molecule has 172 valence electrons. The molecule has 0 N–H and O–H groups in total. The number of amides is 1. The number of hydrogen-bond acceptors (Lipinski definition) is 5. The molecule has 2 fully saturated rings. The van der Waals surface area contributed by atoms with Crippen LogP contribution in [0.5, 0.6) is 11.5 Å². The Labute approximate surface area is 190 Å². The van der Waals surface area contributed by atoms with Crippen LogP contribution in [0.4, 0.5) is 0 Å². The Morgan fingerprint density at radius 1 is 1.03 bits per heavy atom. The molecule has 0 saturated carbocycles. The molecule has 0 spiro atoms. The maximum Gasteiger partial charge on any atom is 0.254 e. The van der Waals surface area contributed by atoms with Crippen molar-refractivity contribution in [2.45, 2.75) is 43.5 Å². The zero-order valence-electron chi connectivity index (χ0n) is 18.6. The van der Waals surface area contributed by atoms with E-state index in [0.717, 1.165) is 37.0 Å². The standard InChI is InChI=1S/C24H30N2O5S/c1-3-31-20-11-8-18(9-12-20)21-7-6-16-26(21)24(27)19-10-13-22(30-2)23(17-19)32(28,29)25-14-4-5-15-25/h8-13,17,21H,3-7,14-16H2,1-2H3. The number of carbonyl (C=O) groups excluding carboxylic acids is 1. The van der Waals surface area contributed by atoms with E-state index in [2.05, 4.69) is 0 Å². The largest absolute Gasteiger partial charge is 0.495 e. The molecular formula is C24H30N2O5S. The van der Waals surface area contributed by atoms with Crippen molar-refractivity contribution in [1.82, 2.24) is 9.21 Å². The molecule has 2 heterocycles. The summed E-state index contributed by atoms with van der Waals surface area (Å²) in [7, 11) is -2.27. The number of hydrogen-bond donors (Lipinski definition) is 0. The molecule has 0 aromatic heterocycles. The second-order valence-electron chi connectivity index (χ2n) is 8.14. The lowest BCUT2D eigenvalue weighted by molar-refractivity contribution is 0.0735. The van der Waals surface area contributed by atoms with Gasteiger partial charge < -0.3 is 14.4 Å². The van der Waals surface area contributed by atoms with Gasteiger partial charge in [0.2, 0.25) is 10.0 Å². The first-order valence-electron chi connectivity index (χ1n) is 11.2. The highest BCUT2D eigenvalue weighted by molar-refractivity contribution is 7.89. The fraction of sp³-hybridized carbons (Fsp3) is 0.458. The summed E-state index contributed by atoms with van der Waals surface area (Å²) in [6.45, 7) is 4.17. The van der Waals surface area contributed by atoms with Crippen LogP contribution in [0.25, 0.3) is 0 Å². The second-order valence-corrected chi connectivity index (χ2v) is 10.0. The zero-order chi connectivity index (χ0) is 22.7. The van der Waals surface area contributed by atoms with Crippen LogP contribution < -0.4 is 9.47 Å². The Hall–Kier alpha value is -2.58. The van der Waals surface area contributed by atoms with Crippen LogP contribution in [0.3, 0.4) is 0 Å². The summed E-state index contributed by atoms with van der Waals surface area (Å²) in [6, 6.07) is 12.5. The lowest BCUT2D eigenvalue weighted by Gasteiger charge is -2.26. The molecule has 32 heavy (non-hydrogen) atoms. The second kappa shape index (κ2) is 9.50. The highest BCUT2D eigenvalue weighted by Gasteiger charge is 2.34. The molecule has 1 amide bonds. The number of carbonyl (C=O) groups is 1. The topological polar surface area (TPSA) is 76.1 Å². The molecule has 7 nitrogen and oxygen atoms in total. The van der Waals surface area contributed by atoms with Gasteiger partial charge in [0.25, 0.3) is 5.91 Å². The summed E-state index contributed by atoms with van der Waals surface area (Å²) in [4.78, 5) is 15.3. The zero-order valence-corrected chi connectivity index (χ0v) is 19.4. The van der Waals surface area contributed by atoms with Crippen molar-refractivity contribution in [1.29, 1.82) is 0 Å². The lowest BCUT2D eigenvalue weighted by atomic mass is 10.0. The third kappa shape index (κ3) is 4.34. The van der Waals surface area contributed by atoms with Crippen LogP contribution in [-0.2, 0) is 10.0 Å². The van der Waals surface area contributed by atoms with Crippen molar-refractivity contribution in [3.8, 4) is 11.5 Å². The minimum atomic E-state index is -3.71. The minimum Gasteiger partial charge on any atom is -0.495 e. The van der Waals surface area contributed by atoms with Crippen molar-refractivity contribution in [2.24, 2.45) is 0 Å². The fourth-order valence-corrected chi connectivity index (χ4v) is 6.25. The monoisotopic (exact) mass is 458 g/mol. The van der Waals surface area contributed by atoms with E-state index < -0.39 is 10.0 Å². The number of benzene rings is 2. The number of methoxy groups -OCH3 is 1. The van der Waals surface area contributed by atoms with Gasteiger partial charge in [-0.15, -0.1) is 0 Å². The quantitative estimate of drug-likeness (QED) is 0.630. The van der Waals surface area contributed by atoms with E-state index in [9.17, 15) is 13.2 Å². The Morgan fingerprint density at radius 2 is 1.75 bits per heavy atom. The molecule has 8 heteroatoms. The molecule has 4 rings (SSSR count). The Kier molecular flexibility index (Phi) is 6.71. The van der Waals surface area contributed by atoms with Gasteiger partial charge in [-0.05, 0) is 68.5 Å². The molecule has 2 saturated heterocycles. The highest BCUT2D eigenvalue weighted by Crippen LogP contribution is 2.35. The number of nitrogens with zero attached hydrogens (tertiary/aromatic N) is 2. The molecule has 2 aromatic carbocycles. The van der Waals surface area contributed by atoms with E-state index in [1.54, 1.807) is 12.1 Å². The molecule has 1 unspecified atom stereocenters. The highest BCUT2D eigenvalue weighted by atomic mass is 32.2. The van der Waals surface area contributed by atoms with Gasteiger partial charge in [-0.25, -0.2) is 8.42 Å². The molecule has 2 aromatic rings. The van der Waals surface area contributed by atoms with E-state index >= 15 is 0 Å². The normalized spacial score (nSPS) is 19.3. The number of rotatable bonds is 7. The predicted octanol–water partition coefficient (Wildman–Crippen LogP) is 3.86. The summed E-state index contributed by atoms with van der Waals surface area (Å²) in [5.74, 6) is 0.902. The van der Waals surface area contributed by atoms with Gasteiger partial charge in [0.05, 0.1) is 19.8 Å². The Bertz CT molecular complexity index is 1060. The average molecular weight is 459 g/mol. The van der Waals surface area contributed by atoms with Gasteiger partial charge in [-0.1, -0.05) is 12.1 Å².